The number of esters is 1. The SMILES string of the molecule is C#C[C@]1(CO[PH](=O)C(C)NC2(C(=O)OC(C)C)CC2)O[C@@H](n2cnc3c(N)nc(Cl)nc32)C[C@@H]1O. The highest BCUT2D eigenvalue weighted by atomic mass is 35.5. The molecule has 2 unspecified atom stereocenters. The van der Waals surface area contributed by atoms with Crippen LogP contribution in [0.3, 0.4) is 0 Å². The summed E-state index contributed by atoms with van der Waals surface area (Å²) in [5.41, 5.74) is 4.10. The number of aliphatic hydroxyl groups is 1. The minimum atomic E-state index is -2.72. The van der Waals surface area contributed by atoms with E-state index in [9.17, 15) is 14.5 Å². The Morgan fingerprint density at radius 3 is 2.83 bits per heavy atom. The van der Waals surface area contributed by atoms with Crippen LogP contribution in [0.1, 0.15) is 46.3 Å². The zero-order valence-corrected chi connectivity index (χ0v) is 21.3. The molecule has 0 spiro atoms. The van der Waals surface area contributed by atoms with Crippen molar-refractivity contribution in [3.8, 4) is 12.3 Å². The van der Waals surface area contributed by atoms with Crippen LogP contribution in [-0.2, 0) is 23.4 Å². The van der Waals surface area contributed by atoms with E-state index in [4.69, 9.17) is 37.8 Å². The molecule has 5 atom stereocenters. The Hall–Kier alpha value is -2.26. The Labute approximate surface area is 207 Å². The summed E-state index contributed by atoms with van der Waals surface area (Å²) in [5.74, 6) is 1.55. The number of halogens is 1. The lowest BCUT2D eigenvalue weighted by Crippen LogP contribution is -2.45. The number of aromatic nitrogens is 4. The van der Waals surface area contributed by atoms with Crippen LogP contribution in [0.5, 0.6) is 0 Å². The van der Waals surface area contributed by atoms with Gasteiger partial charge in [-0.05, 0) is 45.2 Å². The number of nitrogens with one attached hydrogen (secondary N) is 1. The van der Waals surface area contributed by atoms with Gasteiger partial charge in [0.05, 0.1) is 24.8 Å². The number of imidazole rings is 1. The fraction of sp³-hybridized carbons (Fsp3) is 0.619. The van der Waals surface area contributed by atoms with Crippen LogP contribution in [0.4, 0.5) is 5.82 Å². The Balaban J connectivity index is 1.42. The van der Waals surface area contributed by atoms with Gasteiger partial charge in [-0.25, -0.2) is 4.98 Å². The van der Waals surface area contributed by atoms with Crippen LogP contribution in [0.25, 0.3) is 11.2 Å². The number of carbonyl (C=O) groups is 1. The van der Waals surface area contributed by atoms with Crippen molar-refractivity contribution in [3.63, 3.8) is 0 Å². The van der Waals surface area contributed by atoms with Gasteiger partial charge in [0.15, 0.2) is 17.1 Å². The summed E-state index contributed by atoms with van der Waals surface area (Å²) < 4.78 is 31.3. The minimum absolute atomic E-state index is 0.0624. The maximum Gasteiger partial charge on any atom is 0.326 e. The second-order valence-electron chi connectivity index (χ2n) is 9.07. The van der Waals surface area contributed by atoms with Crippen molar-refractivity contribution in [3.05, 3.63) is 11.6 Å². The summed E-state index contributed by atoms with van der Waals surface area (Å²) in [5, 5.41) is 13.8. The van der Waals surface area contributed by atoms with Crippen molar-refractivity contribution in [2.45, 2.75) is 75.4 Å². The Morgan fingerprint density at radius 1 is 1.49 bits per heavy atom. The minimum Gasteiger partial charge on any atom is -0.462 e. The lowest BCUT2D eigenvalue weighted by Gasteiger charge is -2.28. The Morgan fingerprint density at radius 2 is 2.20 bits per heavy atom. The predicted octanol–water partition coefficient (Wildman–Crippen LogP) is 1.62. The second-order valence-corrected chi connectivity index (χ2v) is 11.2. The van der Waals surface area contributed by atoms with Crippen LogP contribution in [0.2, 0.25) is 5.28 Å². The lowest BCUT2D eigenvalue weighted by atomic mass is 9.99. The topological polar surface area (TPSA) is 164 Å². The maximum absolute atomic E-state index is 12.9. The molecule has 1 saturated carbocycles. The van der Waals surface area contributed by atoms with Gasteiger partial charge in [-0.3, -0.25) is 19.2 Å². The summed E-state index contributed by atoms with van der Waals surface area (Å²) in [6, 6.07) is 0. The number of hydrogen-bond donors (Lipinski definition) is 3. The Kier molecular flexibility index (Phi) is 7.12. The number of anilines is 1. The third-order valence-electron chi connectivity index (χ3n) is 6.04. The molecular weight excluding hydrogens is 499 g/mol. The summed E-state index contributed by atoms with van der Waals surface area (Å²) >= 11 is 5.93. The zero-order chi connectivity index (χ0) is 25.5. The molecule has 1 saturated heterocycles. The molecule has 2 fully saturated rings. The molecule has 12 nitrogen and oxygen atoms in total. The third-order valence-corrected chi connectivity index (χ3v) is 7.49. The number of carbonyl (C=O) groups excluding carboxylic acids is 1. The summed E-state index contributed by atoms with van der Waals surface area (Å²) in [6.45, 7) is 4.88. The molecule has 35 heavy (non-hydrogen) atoms. The first-order valence-corrected chi connectivity index (χ1v) is 12.9. The van der Waals surface area contributed by atoms with E-state index in [0.29, 0.717) is 24.0 Å². The number of terminal acetylenes is 1. The first kappa shape index (κ1) is 25.8. The molecule has 0 bridgehead atoms. The standard InChI is InChI=1S/C21H28ClN6O6P/c1-5-21(9-32-35(31)12(4)27-20(6-7-20)18(30)33-11(2)3)13(29)8-14(34-21)28-10-24-15-16(23)25-19(22)26-17(15)28/h1,10-14,27,29,35H,6-9H2,2-4H3,(H2,23,25,26)/t12?,13-,14+,21+/m0/s1. The van der Waals surface area contributed by atoms with Gasteiger partial charge >= 0.3 is 5.97 Å². The van der Waals surface area contributed by atoms with Crippen LogP contribution in [-0.4, -0.2) is 66.3 Å². The van der Waals surface area contributed by atoms with Crippen LogP contribution in [0, 0.1) is 12.3 Å². The summed E-state index contributed by atoms with van der Waals surface area (Å²) in [4.78, 5) is 24.6. The number of aliphatic hydroxyl groups excluding tert-OH is 1. The van der Waals surface area contributed by atoms with Crippen LogP contribution in [0.15, 0.2) is 6.33 Å². The monoisotopic (exact) mass is 526 g/mol. The van der Waals surface area contributed by atoms with Gasteiger partial charge in [0.2, 0.25) is 13.3 Å². The number of rotatable bonds is 9. The number of ether oxygens (including phenoxy) is 2. The van der Waals surface area contributed by atoms with E-state index in [1.54, 1.807) is 25.3 Å². The van der Waals surface area contributed by atoms with Crippen LogP contribution >= 0.6 is 19.6 Å². The first-order valence-electron chi connectivity index (χ1n) is 11.1. The van der Waals surface area contributed by atoms with Gasteiger partial charge in [0, 0.05) is 6.42 Å². The van der Waals surface area contributed by atoms with E-state index < -0.39 is 37.3 Å². The van der Waals surface area contributed by atoms with Gasteiger partial charge in [-0.15, -0.1) is 6.42 Å². The van der Waals surface area contributed by atoms with Crippen molar-refractivity contribution in [1.82, 2.24) is 24.8 Å². The van der Waals surface area contributed by atoms with Crippen molar-refractivity contribution in [2.24, 2.45) is 0 Å². The molecule has 2 aromatic rings. The number of hydrogen-bond acceptors (Lipinski definition) is 11. The second kappa shape index (κ2) is 9.65. The predicted molar refractivity (Wildman–Crippen MR) is 128 cm³/mol. The molecule has 2 aliphatic rings. The molecule has 14 heteroatoms. The van der Waals surface area contributed by atoms with E-state index in [2.05, 4.69) is 26.2 Å². The highest BCUT2D eigenvalue weighted by Gasteiger charge is 2.53. The average Bonchev–Trinajstić information content (AvgIpc) is 3.32. The smallest absolute Gasteiger partial charge is 0.326 e. The van der Waals surface area contributed by atoms with E-state index >= 15 is 0 Å². The van der Waals surface area contributed by atoms with E-state index in [1.807, 2.05) is 0 Å². The molecule has 1 aliphatic carbocycles. The van der Waals surface area contributed by atoms with Gasteiger partial charge in [0.1, 0.15) is 23.4 Å². The molecule has 0 radical (unpaired) electrons. The zero-order valence-electron chi connectivity index (χ0n) is 19.5. The molecule has 0 aromatic carbocycles. The normalized spacial score (nSPS) is 27.0. The molecule has 1 aliphatic heterocycles. The van der Waals surface area contributed by atoms with Crippen LogP contribution < -0.4 is 11.1 Å². The highest BCUT2D eigenvalue weighted by Crippen LogP contribution is 2.43. The fourth-order valence-corrected chi connectivity index (χ4v) is 5.15. The number of nitrogens with zero attached hydrogens (tertiary/aromatic N) is 4. The fourth-order valence-electron chi connectivity index (χ4n) is 3.98. The largest absolute Gasteiger partial charge is 0.462 e. The van der Waals surface area contributed by atoms with Gasteiger partial charge < -0.3 is 24.8 Å². The van der Waals surface area contributed by atoms with E-state index in [1.165, 1.54) is 6.33 Å². The quantitative estimate of drug-likeness (QED) is 0.188. The first-order chi connectivity index (χ1) is 16.5. The number of nitrogens with two attached hydrogens (primary N) is 1. The summed E-state index contributed by atoms with van der Waals surface area (Å²) in [7, 11) is -2.72. The molecule has 4 rings (SSSR count). The molecule has 3 heterocycles. The lowest BCUT2D eigenvalue weighted by molar-refractivity contribution is -0.151. The Bertz CT molecular complexity index is 1200. The van der Waals surface area contributed by atoms with Crippen molar-refractivity contribution in [2.75, 3.05) is 12.3 Å². The van der Waals surface area contributed by atoms with Crippen molar-refractivity contribution in [1.29, 1.82) is 0 Å². The number of nitrogen functional groups attached to an aromatic ring is 1. The molecular formula is C21H28ClN6O6P. The van der Waals surface area contributed by atoms with E-state index in [0.717, 1.165) is 0 Å². The molecule has 2 aromatic heterocycles. The summed E-state index contributed by atoms with van der Waals surface area (Å²) in [6.07, 6.45) is 6.31. The van der Waals surface area contributed by atoms with Gasteiger partial charge in [0.25, 0.3) is 0 Å². The van der Waals surface area contributed by atoms with Crippen molar-refractivity contribution >= 4 is 42.6 Å². The van der Waals surface area contributed by atoms with E-state index in [-0.39, 0.29) is 36.2 Å². The van der Waals surface area contributed by atoms with Crippen molar-refractivity contribution < 1.29 is 28.5 Å². The molecule has 190 valence electrons. The molecule has 0 amide bonds. The average molecular weight is 527 g/mol. The molecule has 4 N–H and O–H groups in total. The maximum atomic E-state index is 12.9. The van der Waals surface area contributed by atoms with Gasteiger partial charge in [-0.1, -0.05) is 5.92 Å². The van der Waals surface area contributed by atoms with Gasteiger partial charge in [-0.2, -0.15) is 9.97 Å². The highest BCUT2D eigenvalue weighted by molar-refractivity contribution is 7.39. The number of fused-ring (bicyclic) bond motifs is 1. The third kappa shape index (κ3) is 5.03.